The van der Waals surface area contributed by atoms with Gasteiger partial charge in [0.15, 0.2) is 0 Å². The van der Waals surface area contributed by atoms with E-state index in [9.17, 15) is 4.79 Å². The summed E-state index contributed by atoms with van der Waals surface area (Å²) in [5.41, 5.74) is 3.23. The first-order valence-electron chi connectivity index (χ1n) is 7.23. The normalized spacial score (nSPS) is 12.1. The fourth-order valence-corrected chi connectivity index (χ4v) is 3.22. The van der Waals surface area contributed by atoms with Gasteiger partial charge < -0.3 is 9.88 Å². The molecule has 22 heavy (non-hydrogen) atoms. The molecule has 3 nitrogen and oxygen atoms in total. The molecule has 0 saturated heterocycles. The second-order valence-corrected chi connectivity index (χ2v) is 6.23. The summed E-state index contributed by atoms with van der Waals surface area (Å²) in [7, 11) is 0. The van der Waals surface area contributed by atoms with E-state index in [1.165, 1.54) is 11.3 Å². The van der Waals surface area contributed by atoms with Crippen molar-refractivity contribution in [1.29, 1.82) is 0 Å². The van der Waals surface area contributed by atoms with Crippen LogP contribution in [0.1, 0.15) is 33.8 Å². The monoisotopic (exact) mass is 310 g/mol. The van der Waals surface area contributed by atoms with Gasteiger partial charge >= 0.3 is 0 Å². The molecule has 0 bridgehead atoms. The molecular weight excluding hydrogens is 292 g/mol. The van der Waals surface area contributed by atoms with Gasteiger partial charge in [-0.3, -0.25) is 4.79 Å². The Balaban J connectivity index is 1.71. The number of hydrogen-bond acceptors (Lipinski definition) is 2. The minimum atomic E-state index is -0.0206. The smallest absolute Gasteiger partial charge is 0.262 e. The second-order valence-electron chi connectivity index (χ2n) is 5.31. The number of aromatic nitrogens is 1. The highest BCUT2D eigenvalue weighted by Gasteiger charge is 2.14. The Hall–Kier alpha value is -2.33. The van der Waals surface area contributed by atoms with Gasteiger partial charge in [0.05, 0.1) is 10.9 Å². The van der Waals surface area contributed by atoms with Crippen molar-refractivity contribution >= 4 is 17.2 Å². The third kappa shape index (κ3) is 2.97. The Morgan fingerprint density at radius 2 is 1.82 bits per heavy atom. The van der Waals surface area contributed by atoms with Crippen LogP contribution in [-0.4, -0.2) is 10.5 Å². The largest absolute Gasteiger partial charge is 0.345 e. The van der Waals surface area contributed by atoms with Gasteiger partial charge in [0.2, 0.25) is 0 Å². The fraction of sp³-hybridized carbons (Fsp3) is 0.167. The maximum absolute atomic E-state index is 12.3. The van der Waals surface area contributed by atoms with E-state index in [0.29, 0.717) is 0 Å². The number of nitrogens with one attached hydrogen (secondary N) is 1. The van der Waals surface area contributed by atoms with Crippen LogP contribution in [0.4, 0.5) is 0 Å². The topological polar surface area (TPSA) is 34.0 Å². The van der Waals surface area contributed by atoms with Gasteiger partial charge in [0.1, 0.15) is 0 Å². The van der Waals surface area contributed by atoms with E-state index in [2.05, 4.69) is 34.1 Å². The van der Waals surface area contributed by atoms with E-state index >= 15 is 0 Å². The zero-order chi connectivity index (χ0) is 15.5. The minimum absolute atomic E-state index is 0.00511. The van der Waals surface area contributed by atoms with E-state index in [1.807, 2.05) is 49.8 Å². The predicted molar refractivity (Wildman–Crippen MR) is 90.7 cm³/mol. The summed E-state index contributed by atoms with van der Waals surface area (Å²) in [5, 5.41) is 5.00. The predicted octanol–water partition coefficient (Wildman–Crippen LogP) is 4.34. The molecule has 4 heteroatoms. The van der Waals surface area contributed by atoms with Crippen LogP contribution in [0.5, 0.6) is 0 Å². The van der Waals surface area contributed by atoms with Crippen molar-refractivity contribution in [2.24, 2.45) is 0 Å². The quantitative estimate of drug-likeness (QED) is 0.764. The summed E-state index contributed by atoms with van der Waals surface area (Å²) in [6.45, 7) is 3.97. The van der Waals surface area contributed by atoms with Crippen LogP contribution >= 0.6 is 11.3 Å². The van der Waals surface area contributed by atoms with Crippen molar-refractivity contribution in [3.63, 3.8) is 0 Å². The van der Waals surface area contributed by atoms with Crippen LogP contribution in [0.15, 0.2) is 60.2 Å². The summed E-state index contributed by atoms with van der Waals surface area (Å²) < 4.78 is 2.06. The molecular formula is C18H18N2OS. The highest BCUT2D eigenvalue weighted by Crippen LogP contribution is 2.19. The molecule has 2 heterocycles. The lowest BCUT2D eigenvalue weighted by molar-refractivity contribution is 0.0943. The van der Waals surface area contributed by atoms with E-state index < -0.39 is 0 Å². The Morgan fingerprint density at radius 3 is 2.41 bits per heavy atom. The molecule has 0 fully saturated rings. The third-order valence-corrected chi connectivity index (χ3v) is 4.73. The lowest BCUT2D eigenvalue weighted by Crippen LogP contribution is -2.26. The first-order valence-corrected chi connectivity index (χ1v) is 8.11. The van der Waals surface area contributed by atoms with Crippen LogP contribution in [-0.2, 0) is 0 Å². The fourth-order valence-electron chi connectivity index (χ4n) is 2.39. The number of nitrogens with zero attached hydrogens (tertiary/aromatic N) is 1. The average molecular weight is 310 g/mol. The zero-order valence-electron chi connectivity index (χ0n) is 12.6. The van der Waals surface area contributed by atoms with Gasteiger partial charge in [-0.2, -0.15) is 0 Å². The van der Waals surface area contributed by atoms with E-state index in [-0.39, 0.29) is 11.9 Å². The number of thiophene rings is 1. The van der Waals surface area contributed by atoms with Crippen molar-refractivity contribution in [1.82, 2.24) is 9.88 Å². The molecule has 3 rings (SSSR count). The van der Waals surface area contributed by atoms with Gasteiger partial charge in [-0.15, -0.1) is 11.3 Å². The van der Waals surface area contributed by atoms with Gasteiger partial charge in [-0.1, -0.05) is 12.1 Å². The molecule has 1 amide bonds. The maximum atomic E-state index is 12.3. The first-order chi connectivity index (χ1) is 10.6. The van der Waals surface area contributed by atoms with Crippen LogP contribution < -0.4 is 5.32 Å². The van der Waals surface area contributed by atoms with Gasteiger partial charge in [-0.25, -0.2) is 0 Å². The van der Waals surface area contributed by atoms with E-state index in [1.54, 1.807) is 0 Å². The highest BCUT2D eigenvalue weighted by molar-refractivity contribution is 7.12. The molecule has 0 aliphatic heterocycles. The van der Waals surface area contributed by atoms with Crippen molar-refractivity contribution in [2.45, 2.75) is 19.9 Å². The van der Waals surface area contributed by atoms with Crippen LogP contribution in [0.25, 0.3) is 5.69 Å². The molecule has 1 atom stereocenters. The molecule has 1 unspecified atom stereocenters. The van der Waals surface area contributed by atoms with Crippen molar-refractivity contribution in [2.75, 3.05) is 0 Å². The summed E-state index contributed by atoms with van der Waals surface area (Å²) in [5.74, 6) is -0.00511. The number of carbonyl (C=O) groups excluding carboxylic acids is 1. The summed E-state index contributed by atoms with van der Waals surface area (Å²) >= 11 is 1.48. The lowest BCUT2D eigenvalue weighted by atomic mass is 10.1. The molecule has 0 spiro atoms. The van der Waals surface area contributed by atoms with Crippen LogP contribution in [0.2, 0.25) is 0 Å². The molecule has 0 aliphatic rings. The van der Waals surface area contributed by atoms with Crippen LogP contribution in [0, 0.1) is 6.92 Å². The number of benzene rings is 1. The zero-order valence-corrected chi connectivity index (χ0v) is 13.4. The molecule has 112 valence electrons. The molecule has 2 aromatic heterocycles. The molecule has 0 aliphatic carbocycles. The molecule has 0 radical (unpaired) electrons. The number of aryl methyl sites for hydroxylation is 1. The SMILES string of the molecule is Cc1ccsc1C(=O)NC(C)c1ccc(-n2cccc2)cc1. The number of carbonyl (C=O) groups is 1. The van der Waals surface area contributed by atoms with Crippen LogP contribution in [0.3, 0.4) is 0 Å². The molecule has 1 aromatic carbocycles. The second kappa shape index (κ2) is 6.20. The van der Waals surface area contributed by atoms with Crippen molar-refractivity contribution in [3.8, 4) is 5.69 Å². The molecule has 3 aromatic rings. The Labute approximate surface area is 134 Å². The summed E-state index contributed by atoms with van der Waals surface area (Å²) in [6, 6.07) is 14.2. The Kier molecular flexibility index (Phi) is 4.11. The molecule has 1 N–H and O–H groups in total. The Bertz CT molecular complexity index is 757. The third-order valence-electron chi connectivity index (χ3n) is 3.71. The number of hydrogen-bond donors (Lipinski definition) is 1. The maximum Gasteiger partial charge on any atom is 0.262 e. The van der Waals surface area contributed by atoms with Gasteiger partial charge in [-0.05, 0) is 60.7 Å². The number of rotatable bonds is 4. The lowest BCUT2D eigenvalue weighted by Gasteiger charge is -2.15. The van der Waals surface area contributed by atoms with Gasteiger partial charge in [0, 0.05) is 18.1 Å². The average Bonchev–Trinajstić information content (AvgIpc) is 3.18. The standard InChI is InChI=1S/C18H18N2OS/c1-13-9-12-22-17(13)18(21)19-14(2)15-5-7-16(8-6-15)20-10-3-4-11-20/h3-12,14H,1-2H3,(H,19,21). The van der Waals surface area contributed by atoms with E-state index in [4.69, 9.17) is 0 Å². The van der Waals surface area contributed by atoms with Crippen molar-refractivity contribution in [3.05, 3.63) is 76.2 Å². The summed E-state index contributed by atoms with van der Waals surface area (Å²) in [4.78, 5) is 13.0. The van der Waals surface area contributed by atoms with Gasteiger partial charge in [0.25, 0.3) is 5.91 Å². The van der Waals surface area contributed by atoms with Crippen molar-refractivity contribution < 1.29 is 4.79 Å². The Morgan fingerprint density at radius 1 is 1.14 bits per heavy atom. The number of amides is 1. The first kappa shape index (κ1) is 14.6. The highest BCUT2D eigenvalue weighted by atomic mass is 32.1. The molecule has 0 saturated carbocycles. The van der Waals surface area contributed by atoms with E-state index in [0.717, 1.165) is 21.7 Å². The minimum Gasteiger partial charge on any atom is -0.345 e. The summed E-state index contributed by atoms with van der Waals surface area (Å²) in [6.07, 6.45) is 4.03.